The van der Waals surface area contributed by atoms with Crippen molar-refractivity contribution >= 4 is 0 Å². The highest BCUT2D eigenvalue weighted by Crippen LogP contribution is 2.16. The fourth-order valence-electron chi connectivity index (χ4n) is 1.91. The van der Waals surface area contributed by atoms with Gasteiger partial charge in [-0.05, 0) is 37.8 Å². The van der Waals surface area contributed by atoms with E-state index in [9.17, 15) is 13.2 Å². The van der Waals surface area contributed by atoms with E-state index >= 15 is 0 Å². The third-order valence-corrected chi connectivity index (χ3v) is 2.88. The number of nitrogens with two attached hydrogens (primary N) is 1. The lowest BCUT2D eigenvalue weighted by atomic mass is 9.96. The van der Waals surface area contributed by atoms with Crippen molar-refractivity contribution in [1.82, 2.24) is 0 Å². The van der Waals surface area contributed by atoms with Crippen LogP contribution in [0.1, 0.15) is 17.5 Å². The summed E-state index contributed by atoms with van der Waals surface area (Å²) in [5, 5.41) is 0. The first-order valence-electron chi connectivity index (χ1n) is 6.31. The van der Waals surface area contributed by atoms with Gasteiger partial charge in [-0.2, -0.15) is 13.2 Å². The van der Waals surface area contributed by atoms with Crippen molar-refractivity contribution in [3.8, 4) is 0 Å². The lowest BCUT2D eigenvalue weighted by Gasteiger charge is -2.15. The second-order valence-corrected chi connectivity index (χ2v) is 4.75. The Balaban J connectivity index is 2.34. The van der Waals surface area contributed by atoms with Gasteiger partial charge in [-0.25, -0.2) is 0 Å². The highest BCUT2D eigenvalue weighted by atomic mass is 19.4. The molecule has 0 aliphatic heterocycles. The largest absolute Gasteiger partial charge is 0.411 e. The van der Waals surface area contributed by atoms with Crippen molar-refractivity contribution in [1.29, 1.82) is 0 Å². The van der Waals surface area contributed by atoms with E-state index < -0.39 is 12.8 Å². The average Bonchev–Trinajstić information content (AvgIpc) is 2.32. The van der Waals surface area contributed by atoms with Gasteiger partial charge in [-0.15, -0.1) is 0 Å². The second-order valence-electron chi connectivity index (χ2n) is 4.75. The van der Waals surface area contributed by atoms with Crippen LogP contribution in [-0.2, 0) is 11.2 Å². The van der Waals surface area contributed by atoms with E-state index in [1.54, 1.807) is 0 Å². The molecule has 0 spiro atoms. The van der Waals surface area contributed by atoms with Crippen LogP contribution in [0.5, 0.6) is 0 Å². The molecular formula is C14H20F3NO. The Labute approximate surface area is 111 Å². The Morgan fingerprint density at radius 3 is 2.63 bits per heavy atom. The first-order chi connectivity index (χ1) is 8.90. The van der Waals surface area contributed by atoms with Gasteiger partial charge in [0.15, 0.2) is 0 Å². The van der Waals surface area contributed by atoms with Crippen molar-refractivity contribution < 1.29 is 17.9 Å². The first-order valence-corrected chi connectivity index (χ1v) is 6.31. The normalized spacial score (nSPS) is 13.5. The Bertz CT molecular complexity index is 379. The van der Waals surface area contributed by atoms with Gasteiger partial charge in [-0.1, -0.05) is 29.8 Å². The molecule has 0 fully saturated rings. The van der Waals surface area contributed by atoms with Crippen LogP contribution in [0.4, 0.5) is 13.2 Å². The van der Waals surface area contributed by atoms with E-state index in [2.05, 4.69) is 10.8 Å². The van der Waals surface area contributed by atoms with E-state index in [0.29, 0.717) is 13.0 Å². The molecule has 1 rings (SSSR count). The van der Waals surface area contributed by atoms with Crippen LogP contribution in [-0.4, -0.2) is 25.9 Å². The van der Waals surface area contributed by atoms with Gasteiger partial charge in [0.2, 0.25) is 0 Å². The summed E-state index contributed by atoms with van der Waals surface area (Å²) < 4.78 is 40.3. The molecule has 0 bridgehead atoms. The number of alkyl halides is 3. The number of benzene rings is 1. The molecule has 5 heteroatoms. The molecule has 1 atom stereocenters. The van der Waals surface area contributed by atoms with Crippen molar-refractivity contribution in [2.45, 2.75) is 25.9 Å². The Kier molecular flexibility index (Phi) is 6.31. The maximum Gasteiger partial charge on any atom is 0.411 e. The van der Waals surface area contributed by atoms with Gasteiger partial charge in [0.25, 0.3) is 0 Å². The highest BCUT2D eigenvalue weighted by molar-refractivity contribution is 5.22. The van der Waals surface area contributed by atoms with Crippen molar-refractivity contribution in [3.63, 3.8) is 0 Å². The predicted molar refractivity (Wildman–Crippen MR) is 68.9 cm³/mol. The quantitative estimate of drug-likeness (QED) is 0.776. The summed E-state index contributed by atoms with van der Waals surface area (Å²) >= 11 is 0. The Morgan fingerprint density at radius 1 is 1.32 bits per heavy atom. The summed E-state index contributed by atoms with van der Waals surface area (Å²) in [7, 11) is 0. The summed E-state index contributed by atoms with van der Waals surface area (Å²) in [6.45, 7) is 1.36. The summed E-state index contributed by atoms with van der Waals surface area (Å²) in [5.41, 5.74) is 7.98. The molecule has 0 amide bonds. The fraction of sp³-hybridized carbons (Fsp3) is 0.571. The van der Waals surface area contributed by atoms with Crippen LogP contribution in [0.2, 0.25) is 0 Å². The maximum atomic E-state index is 11.9. The van der Waals surface area contributed by atoms with Gasteiger partial charge in [0.1, 0.15) is 6.61 Å². The van der Waals surface area contributed by atoms with Crippen LogP contribution >= 0.6 is 0 Å². The monoisotopic (exact) mass is 275 g/mol. The minimum atomic E-state index is -4.26. The molecule has 108 valence electrons. The SMILES string of the molecule is Cc1cccc(CC(CN)CCOCC(F)(F)F)c1. The second kappa shape index (κ2) is 7.50. The van der Waals surface area contributed by atoms with Gasteiger partial charge >= 0.3 is 6.18 Å². The van der Waals surface area contributed by atoms with Gasteiger partial charge in [0, 0.05) is 6.61 Å². The Morgan fingerprint density at radius 2 is 2.05 bits per heavy atom. The third-order valence-electron chi connectivity index (χ3n) is 2.88. The topological polar surface area (TPSA) is 35.2 Å². The molecule has 0 saturated heterocycles. The number of hydrogen-bond acceptors (Lipinski definition) is 2. The first kappa shape index (κ1) is 16.0. The summed E-state index contributed by atoms with van der Waals surface area (Å²) in [4.78, 5) is 0. The lowest BCUT2D eigenvalue weighted by molar-refractivity contribution is -0.174. The minimum absolute atomic E-state index is 0.0905. The Hall–Kier alpha value is -1.07. The van der Waals surface area contributed by atoms with E-state index in [1.165, 1.54) is 5.56 Å². The van der Waals surface area contributed by atoms with E-state index in [4.69, 9.17) is 5.73 Å². The fourth-order valence-corrected chi connectivity index (χ4v) is 1.91. The van der Waals surface area contributed by atoms with Crippen molar-refractivity contribution in [2.24, 2.45) is 11.7 Å². The molecule has 0 aliphatic rings. The predicted octanol–water partition coefficient (Wildman–Crippen LogP) is 3.08. The molecule has 2 nitrogen and oxygen atoms in total. The molecule has 1 unspecified atom stereocenters. The van der Waals surface area contributed by atoms with Gasteiger partial charge < -0.3 is 10.5 Å². The van der Waals surface area contributed by atoms with Gasteiger partial charge in [0.05, 0.1) is 0 Å². The number of aryl methyl sites for hydroxylation is 1. The molecule has 1 aromatic rings. The summed E-state index contributed by atoms with van der Waals surface area (Å²) in [6.07, 6.45) is -2.94. The van der Waals surface area contributed by atoms with Crippen LogP contribution < -0.4 is 5.73 Å². The van der Waals surface area contributed by atoms with Crippen LogP contribution in [0, 0.1) is 12.8 Å². The molecule has 0 aliphatic carbocycles. The standard InChI is InChI=1S/C14H20F3NO/c1-11-3-2-4-12(7-11)8-13(9-18)5-6-19-10-14(15,16)17/h2-4,7,13H,5-6,8-10,18H2,1H3. The molecule has 2 N–H and O–H groups in total. The minimum Gasteiger partial charge on any atom is -0.372 e. The zero-order valence-corrected chi connectivity index (χ0v) is 11.0. The van der Waals surface area contributed by atoms with Crippen molar-refractivity contribution in [3.05, 3.63) is 35.4 Å². The molecule has 0 aromatic heterocycles. The molecule has 19 heavy (non-hydrogen) atoms. The summed E-state index contributed by atoms with van der Waals surface area (Å²) in [5.74, 6) is 0.148. The zero-order valence-electron chi connectivity index (χ0n) is 11.0. The van der Waals surface area contributed by atoms with Crippen molar-refractivity contribution in [2.75, 3.05) is 19.8 Å². The highest BCUT2D eigenvalue weighted by Gasteiger charge is 2.27. The van der Waals surface area contributed by atoms with Crippen LogP contribution in [0.3, 0.4) is 0 Å². The molecule has 1 aromatic carbocycles. The van der Waals surface area contributed by atoms with Crippen LogP contribution in [0.25, 0.3) is 0 Å². The number of rotatable bonds is 7. The summed E-state index contributed by atoms with van der Waals surface area (Å²) in [6, 6.07) is 8.05. The zero-order chi connectivity index (χ0) is 14.3. The average molecular weight is 275 g/mol. The lowest BCUT2D eigenvalue weighted by Crippen LogP contribution is -2.22. The van der Waals surface area contributed by atoms with E-state index in [0.717, 1.165) is 12.0 Å². The molecule has 0 saturated carbocycles. The maximum absolute atomic E-state index is 11.9. The van der Waals surface area contributed by atoms with Crippen LogP contribution in [0.15, 0.2) is 24.3 Å². The van der Waals surface area contributed by atoms with E-state index in [1.807, 2.05) is 25.1 Å². The molecular weight excluding hydrogens is 255 g/mol. The number of hydrogen-bond donors (Lipinski definition) is 1. The number of halogens is 3. The number of ether oxygens (including phenoxy) is 1. The molecule has 0 radical (unpaired) electrons. The molecule has 0 heterocycles. The smallest absolute Gasteiger partial charge is 0.372 e. The van der Waals surface area contributed by atoms with E-state index in [-0.39, 0.29) is 12.5 Å². The van der Waals surface area contributed by atoms with Gasteiger partial charge in [-0.3, -0.25) is 0 Å². The third kappa shape index (κ3) is 7.18.